The minimum absolute atomic E-state index is 0. The van der Waals surface area contributed by atoms with Crippen LogP contribution in [0.5, 0.6) is 5.75 Å². The van der Waals surface area contributed by atoms with Gasteiger partial charge in [-0.25, -0.2) is 4.99 Å². The highest BCUT2D eigenvalue weighted by Crippen LogP contribution is 2.18. The van der Waals surface area contributed by atoms with Crippen LogP contribution in [0.3, 0.4) is 0 Å². The lowest BCUT2D eigenvalue weighted by Gasteiger charge is -2.22. The molecule has 0 aromatic heterocycles. The van der Waals surface area contributed by atoms with Crippen molar-refractivity contribution in [2.75, 3.05) is 46.9 Å². The summed E-state index contributed by atoms with van der Waals surface area (Å²) < 4.78 is 5.81. The molecule has 1 aromatic rings. The fraction of sp³-hybridized carbons (Fsp3) is 0.696. The van der Waals surface area contributed by atoms with Gasteiger partial charge in [-0.2, -0.15) is 0 Å². The molecule has 172 valence electrons. The summed E-state index contributed by atoms with van der Waals surface area (Å²) in [5.41, 5.74) is 1.19. The van der Waals surface area contributed by atoms with E-state index in [2.05, 4.69) is 74.4 Å². The van der Waals surface area contributed by atoms with Crippen molar-refractivity contribution in [2.24, 2.45) is 10.9 Å². The van der Waals surface area contributed by atoms with Crippen molar-refractivity contribution < 1.29 is 4.74 Å². The average molecular weight is 532 g/mol. The van der Waals surface area contributed by atoms with Gasteiger partial charge in [-0.1, -0.05) is 19.1 Å². The lowest BCUT2D eigenvalue weighted by molar-refractivity contribution is 0.265. The van der Waals surface area contributed by atoms with Gasteiger partial charge in [0, 0.05) is 38.3 Å². The quantitative estimate of drug-likeness (QED) is 0.210. The second-order valence-electron chi connectivity index (χ2n) is 8.62. The van der Waals surface area contributed by atoms with E-state index in [4.69, 9.17) is 9.73 Å². The van der Waals surface area contributed by atoms with E-state index in [1.54, 1.807) is 0 Å². The molecule has 1 fully saturated rings. The van der Waals surface area contributed by atoms with Gasteiger partial charge >= 0.3 is 0 Å². The van der Waals surface area contributed by atoms with Gasteiger partial charge in [0.15, 0.2) is 5.96 Å². The Kier molecular flexibility index (Phi) is 12.7. The molecule has 1 aliphatic rings. The SMILES string of the molecule is CCNC(=NCc1ccc(OCCCN(C)C)cc1)NC1CN(C(C)C)CC1C.I. The molecule has 2 rings (SSSR count). The average Bonchev–Trinajstić information content (AvgIpc) is 3.05. The van der Waals surface area contributed by atoms with Gasteiger partial charge in [0.05, 0.1) is 13.2 Å². The van der Waals surface area contributed by atoms with E-state index in [9.17, 15) is 0 Å². The van der Waals surface area contributed by atoms with Gasteiger partial charge < -0.3 is 20.3 Å². The predicted octanol–water partition coefficient (Wildman–Crippen LogP) is 3.42. The van der Waals surface area contributed by atoms with Gasteiger partial charge in [0.1, 0.15) is 5.75 Å². The summed E-state index contributed by atoms with van der Waals surface area (Å²) in [5.74, 6) is 2.44. The summed E-state index contributed by atoms with van der Waals surface area (Å²) in [6.07, 6.45) is 1.03. The maximum atomic E-state index is 5.81. The summed E-state index contributed by atoms with van der Waals surface area (Å²) in [4.78, 5) is 9.51. The second-order valence-corrected chi connectivity index (χ2v) is 8.62. The molecule has 0 aliphatic carbocycles. The van der Waals surface area contributed by atoms with E-state index in [1.807, 2.05) is 12.1 Å². The number of ether oxygens (including phenoxy) is 1. The summed E-state index contributed by atoms with van der Waals surface area (Å²) in [6.45, 7) is 14.5. The van der Waals surface area contributed by atoms with Crippen LogP contribution < -0.4 is 15.4 Å². The van der Waals surface area contributed by atoms with E-state index in [0.29, 0.717) is 24.5 Å². The fourth-order valence-corrected chi connectivity index (χ4v) is 3.54. The molecule has 1 heterocycles. The maximum absolute atomic E-state index is 5.81. The third kappa shape index (κ3) is 9.39. The molecular formula is C23H42IN5O. The number of guanidine groups is 1. The Labute approximate surface area is 200 Å². The highest BCUT2D eigenvalue weighted by molar-refractivity contribution is 14.0. The van der Waals surface area contributed by atoms with Crippen LogP contribution >= 0.6 is 24.0 Å². The first-order chi connectivity index (χ1) is 13.9. The normalized spacial score (nSPS) is 19.8. The van der Waals surface area contributed by atoms with Crippen LogP contribution in [-0.2, 0) is 6.54 Å². The van der Waals surface area contributed by atoms with Crippen molar-refractivity contribution in [1.29, 1.82) is 0 Å². The zero-order valence-corrected chi connectivity index (χ0v) is 22.0. The standard InChI is InChI=1S/C23H41N5O.HI/c1-7-24-23(26-22-17-28(18(2)3)16-19(22)4)25-15-20-9-11-21(12-10-20)29-14-8-13-27(5)6;/h9-12,18-19,22H,7-8,13-17H2,1-6H3,(H2,24,25,26);1H. The largest absolute Gasteiger partial charge is 0.494 e. The van der Waals surface area contributed by atoms with Crippen molar-refractivity contribution in [2.45, 2.75) is 52.7 Å². The van der Waals surface area contributed by atoms with Crippen molar-refractivity contribution in [3.63, 3.8) is 0 Å². The zero-order chi connectivity index (χ0) is 21.2. The number of nitrogens with one attached hydrogen (secondary N) is 2. The highest BCUT2D eigenvalue weighted by Gasteiger charge is 2.31. The zero-order valence-electron chi connectivity index (χ0n) is 19.6. The monoisotopic (exact) mass is 531 g/mol. The summed E-state index contributed by atoms with van der Waals surface area (Å²) >= 11 is 0. The summed E-state index contributed by atoms with van der Waals surface area (Å²) in [6, 6.07) is 9.32. The minimum Gasteiger partial charge on any atom is -0.494 e. The highest BCUT2D eigenvalue weighted by atomic mass is 127. The molecule has 1 aliphatic heterocycles. The van der Waals surface area contributed by atoms with Crippen LogP contribution in [0.15, 0.2) is 29.3 Å². The Morgan fingerprint density at radius 1 is 1.23 bits per heavy atom. The number of halogens is 1. The van der Waals surface area contributed by atoms with Gasteiger partial charge in [0.2, 0.25) is 0 Å². The smallest absolute Gasteiger partial charge is 0.191 e. The lowest BCUT2D eigenvalue weighted by Crippen LogP contribution is -2.46. The number of hydrogen-bond donors (Lipinski definition) is 2. The molecule has 0 radical (unpaired) electrons. The Bertz CT molecular complexity index is 621. The van der Waals surface area contributed by atoms with Gasteiger partial charge in [-0.3, -0.25) is 4.90 Å². The molecule has 0 saturated carbocycles. The Morgan fingerprint density at radius 3 is 2.50 bits per heavy atom. The number of likely N-dealkylation sites (tertiary alicyclic amines) is 1. The third-order valence-corrected chi connectivity index (χ3v) is 5.40. The van der Waals surface area contributed by atoms with Gasteiger partial charge in [-0.15, -0.1) is 24.0 Å². The van der Waals surface area contributed by atoms with Crippen LogP contribution in [0.25, 0.3) is 0 Å². The Hall–Kier alpha value is -1.06. The molecule has 0 spiro atoms. The van der Waals surface area contributed by atoms with Gasteiger partial charge in [0.25, 0.3) is 0 Å². The van der Waals surface area contributed by atoms with Crippen molar-refractivity contribution in [1.82, 2.24) is 20.4 Å². The molecule has 1 aromatic carbocycles. The van der Waals surface area contributed by atoms with E-state index in [0.717, 1.165) is 50.9 Å². The van der Waals surface area contributed by atoms with Crippen LogP contribution in [0.1, 0.15) is 39.7 Å². The summed E-state index contributed by atoms with van der Waals surface area (Å²) in [7, 11) is 4.17. The first-order valence-electron chi connectivity index (χ1n) is 11.0. The Morgan fingerprint density at radius 2 is 1.93 bits per heavy atom. The first-order valence-corrected chi connectivity index (χ1v) is 11.0. The molecule has 0 bridgehead atoms. The molecule has 2 unspecified atom stereocenters. The molecule has 0 amide bonds. The van der Waals surface area contributed by atoms with Crippen molar-refractivity contribution >= 4 is 29.9 Å². The number of aliphatic imine (C=N–C) groups is 1. The number of hydrogen-bond acceptors (Lipinski definition) is 4. The second kappa shape index (κ2) is 14.1. The molecule has 6 nitrogen and oxygen atoms in total. The van der Waals surface area contributed by atoms with Crippen LogP contribution in [0.2, 0.25) is 0 Å². The maximum Gasteiger partial charge on any atom is 0.191 e. The number of rotatable bonds is 10. The van der Waals surface area contributed by atoms with E-state index >= 15 is 0 Å². The van der Waals surface area contributed by atoms with Crippen molar-refractivity contribution in [3.05, 3.63) is 29.8 Å². The molecular weight excluding hydrogens is 489 g/mol. The Balaban J connectivity index is 0.00000450. The number of benzene rings is 1. The predicted molar refractivity (Wildman–Crippen MR) is 138 cm³/mol. The lowest BCUT2D eigenvalue weighted by atomic mass is 10.1. The molecule has 2 N–H and O–H groups in total. The first kappa shape index (κ1) is 27.0. The molecule has 1 saturated heterocycles. The molecule has 7 heteroatoms. The third-order valence-electron chi connectivity index (χ3n) is 5.40. The molecule has 30 heavy (non-hydrogen) atoms. The summed E-state index contributed by atoms with van der Waals surface area (Å²) in [5, 5.41) is 7.04. The minimum atomic E-state index is 0. The number of nitrogens with zero attached hydrogens (tertiary/aromatic N) is 3. The van der Waals surface area contributed by atoms with Crippen LogP contribution in [0.4, 0.5) is 0 Å². The van der Waals surface area contributed by atoms with E-state index in [1.165, 1.54) is 5.56 Å². The van der Waals surface area contributed by atoms with Gasteiger partial charge in [-0.05, 0) is 64.9 Å². The fourth-order valence-electron chi connectivity index (χ4n) is 3.54. The topological polar surface area (TPSA) is 52.1 Å². The van der Waals surface area contributed by atoms with Crippen LogP contribution in [0, 0.1) is 5.92 Å². The van der Waals surface area contributed by atoms with Crippen molar-refractivity contribution in [3.8, 4) is 5.75 Å². The molecule has 2 atom stereocenters. The van der Waals surface area contributed by atoms with Crippen LogP contribution in [-0.4, -0.2) is 74.7 Å². The van der Waals surface area contributed by atoms with E-state index in [-0.39, 0.29) is 24.0 Å². The van der Waals surface area contributed by atoms with E-state index < -0.39 is 0 Å².